The van der Waals surface area contributed by atoms with Gasteiger partial charge >= 0.3 is 5.97 Å². The van der Waals surface area contributed by atoms with Crippen molar-refractivity contribution < 1.29 is 28.7 Å². The van der Waals surface area contributed by atoms with Crippen molar-refractivity contribution in [2.45, 2.75) is 90.6 Å². The standard InChI is InChI=1S/C32H48N4O6/c1-9-11-17-27(41-8)21(5)32(40)42-28(20(3)4)30(38)34-23(7)31(39)36-18-13-16-26(35-36)29(37)33-22(6)25-15-12-14-24(10-2)19-25/h9-10,12,14-15,19-23,26-28,35H,1-2,11,13,16-18H2,3-8H3,(H,33,37)(H,34,38)/t21-,22-,23+,26+,27-,28+/m1/s1. The Labute approximate surface area is 250 Å². The summed E-state index contributed by atoms with van der Waals surface area (Å²) in [6.07, 6.45) is 4.51. The van der Waals surface area contributed by atoms with Gasteiger partial charge in [-0.1, -0.05) is 50.8 Å². The fraction of sp³-hybridized carbons (Fsp3) is 0.562. The number of esters is 1. The normalized spacial score (nSPS) is 18.6. The predicted molar refractivity (Wildman–Crippen MR) is 163 cm³/mol. The summed E-state index contributed by atoms with van der Waals surface area (Å²) in [7, 11) is 1.53. The zero-order valence-corrected chi connectivity index (χ0v) is 25.9. The first-order chi connectivity index (χ1) is 19.9. The van der Waals surface area contributed by atoms with Gasteiger partial charge in [-0.05, 0) is 69.6 Å². The topological polar surface area (TPSA) is 126 Å². The molecule has 1 aromatic rings. The zero-order valence-electron chi connectivity index (χ0n) is 25.9. The number of nitrogens with zero attached hydrogens (tertiary/aromatic N) is 1. The van der Waals surface area contributed by atoms with E-state index < -0.39 is 41.9 Å². The van der Waals surface area contributed by atoms with Gasteiger partial charge in [-0.2, -0.15) is 0 Å². The highest BCUT2D eigenvalue weighted by molar-refractivity contribution is 5.91. The molecule has 42 heavy (non-hydrogen) atoms. The molecule has 0 aliphatic carbocycles. The van der Waals surface area contributed by atoms with E-state index in [-0.39, 0.29) is 24.0 Å². The van der Waals surface area contributed by atoms with Crippen LogP contribution in [0.15, 0.2) is 43.5 Å². The molecule has 0 saturated carbocycles. The highest BCUT2D eigenvalue weighted by atomic mass is 16.6. The first-order valence-corrected chi connectivity index (χ1v) is 14.7. The summed E-state index contributed by atoms with van der Waals surface area (Å²) in [6.45, 7) is 16.6. The van der Waals surface area contributed by atoms with Gasteiger partial charge in [0, 0.05) is 13.7 Å². The summed E-state index contributed by atoms with van der Waals surface area (Å²) in [5.74, 6) is -2.63. The van der Waals surface area contributed by atoms with Crippen molar-refractivity contribution in [3.05, 3.63) is 54.6 Å². The van der Waals surface area contributed by atoms with E-state index in [2.05, 4.69) is 29.2 Å². The van der Waals surface area contributed by atoms with Gasteiger partial charge in [0.1, 0.15) is 12.1 Å². The van der Waals surface area contributed by atoms with Gasteiger partial charge in [-0.15, -0.1) is 6.58 Å². The summed E-state index contributed by atoms with van der Waals surface area (Å²) >= 11 is 0. The predicted octanol–water partition coefficient (Wildman–Crippen LogP) is 3.69. The molecule has 1 fully saturated rings. The molecule has 0 spiro atoms. The Balaban J connectivity index is 1.97. The lowest BCUT2D eigenvalue weighted by atomic mass is 9.99. The maximum Gasteiger partial charge on any atom is 0.312 e. The zero-order chi connectivity index (χ0) is 31.4. The van der Waals surface area contributed by atoms with Crippen molar-refractivity contribution in [3.8, 4) is 0 Å². The number of nitrogens with one attached hydrogen (secondary N) is 3. The Hall–Kier alpha value is -3.50. The number of hydrazine groups is 1. The van der Waals surface area contributed by atoms with Crippen LogP contribution in [0.4, 0.5) is 0 Å². The minimum absolute atomic E-state index is 0.218. The molecule has 1 aliphatic rings. The number of ether oxygens (including phenoxy) is 2. The molecule has 3 amide bonds. The molecule has 2 rings (SSSR count). The molecule has 1 heterocycles. The minimum atomic E-state index is -1.08. The number of hydrogen-bond donors (Lipinski definition) is 3. The van der Waals surface area contributed by atoms with Crippen LogP contribution in [-0.4, -0.2) is 66.6 Å². The Morgan fingerprint density at radius 2 is 1.83 bits per heavy atom. The highest BCUT2D eigenvalue weighted by Crippen LogP contribution is 2.19. The second kappa shape index (κ2) is 16.8. The molecule has 1 aromatic carbocycles. The van der Waals surface area contributed by atoms with Crippen LogP contribution in [-0.2, 0) is 28.7 Å². The van der Waals surface area contributed by atoms with E-state index in [1.54, 1.807) is 39.8 Å². The smallest absolute Gasteiger partial charge is 0.312 e. The number of allylic oxidation sites excluding steroid dienone is 1. The Kier molecular flexibility index (Phi) is 13.9. The lowest BCUT2D eigenvalue weighted by Crippen LogP contribution is -2.61. The van der Waals surface area contributed by atoms with Crippen molar-refractivity contribution in [1.29, 1.82) is 0 Å². The quantitative estimate of drug-likeness (QED) is 0.212. The molecule has 6 atom stereocenters. The van der Waals surface area contributed by atoms with E-state index >= 15 is 0 Å². The van der Waals surface area contributed by atoms with Crippen molar-refractivity contribution >= 4 is 29.8 Å². The SMILES string of the molecule is C=CCC[C@@H](OC)[C@@H](C)C(=O)O[C@H](C(=O)N[C@@H](C)C(=O)N1CCC[C@@H](C(=O)N[C@H](C)c2cccc(C=C)c2)N1)C(C)C. The maximum atomic E-state index is 13.2. The molecule has 0 unspecified atom stereocenters. The third-order valence-electron chi connectivity index (χ3n) is 7.50. The Morgan fingerprint density at radius 3 is 2.45 bits per heavy atom. The molecular weight excluding hydrogens is 536 g/mol. The number of carbonyl (C=O) groups excluding carboxylic acids is 4. The molecule has 0 aromatic heterocycles. The average Bonchev–Trinajstić information content (AvgIpc) is 2.99. The summed E-state index contributed by atoms with van der Waals surface area (Å²) in [4.78, 5) is 52.3. The van der Waals surface area contributed by atoms with E-state index in [9.17, 15) is 19.2 Å². The maximum absolute atomic E-state index is 13.2. The molecule has 10 heteroatoms. The molecular formula is C32H48N4O6. The van der Waals surface area contributed by atoms with E-state index in [1.807, 2.05) is 31.2 Å². The number of methoxy groups -OCH3 is 1. The number of benzene rings is 1. The number of carbonyl (C=O) groups is 4. The Morgan fingerprint density at radius 1 is 1.12 bits per heavy atom. The van der Waals surface area contributed by atoms with E-state index in [1.165, 1.54) is 12.1 Å². The second-order valence-electron chi connectivity index (χ2n) is 11.2. The highest BCUT2D eigenvalue weighted by Gasteiger charge is 2.35. The summed E-state index contributed by atoms with van der Waals surface area (Å²) < 4.78 is 11.0. The molecule has 1 aliphatic heterocycles. The molecule has 3 N–H and O–H groups in total. The summed E-state index contributed by atoms with van der Waals surface area (Å²) in [6, 6.07) is 6.01. The lowest BCUT2D eigenvalue weighted by molar-refractivity contribution is -0.166. The van der Waals surface area contributed by atoms with Crippen molar-refractivity contribution in [2.24, 2.45) is 11.8 Å². The first-order valence-electron chi connectivity index (χ1n) is 14.7. The largest absolute Gasteiger partial charge is 0.452 e. The number of rotatable bonds is 15. The summed E-state index contributed by atoms with van der Waals surface area (Å²) in [5.41, 5.74) is 4.93. The van der Waals surface area contributed by atoms with Crippen molar-refractivity contribution in [2.75, 3.05) is 13.7 Å². The van der Waals surface area contributed by atoms with E-state index in [0.717, 1.165) is 11.1 Å². The van der Waals surface area contributed by atoms with Crippen LogP contribution in [0.5, 0.6) is 0 Å². The third-order valence-corrected chi connectivity index (χ3v) is 7.50. The van der Waals surface area contributed by atoms with Crippen molar-refractivity contribution in [1.82, 2.24) is 21.1 Å². The molecule has 10 nitrogen and oxygen atoms in total. The number of hydrogen-bond acceptors (Lipinski definition) is 7. The van der Waals surface area contributed by atoms with Gasteiger partial charge in [-0.25, -0.2) is 5.43 Å². The molecule has 232 valence electrons. The second-order valence-corrected chi connectivity index (χ2v) is 11.2. The van der Waals surface area contributed by atoms with Gasteiger partial charge in [0.25, 0.3) is 11.8 Å². The molecule has 0 radical (unpaired) electrons. The average molecular weight is 585 g/mol. The van der Waals surface area contributed by atoms with Crippen LogP contribution in [0, 0.1) is 11.8 Å². The van der Waals surface area contributed by atoms with Gasteiger partial charge < -0.3 is 20.1 Å². The van der Waals surface area contributed by atoms with Crippen LogP contribution < -0.4 is 16.1 Å². The van der Waals surface area contributed by atoms with Crippen LogP contribution in [0.3, 0.4) is 0 Å². The van der Waals surface area contributed by atoms with Crippen molar-refractivity contribution in [3.63, 3.8) is 0 Å². The Bertz CT molecular complexity index is 1110. The van der Waals surface area contributed by atoms with E-state index in [4.69, 9.17) is 9.47 Å². The van der Waals surface area contributed by atoms with Crippen LogP contribution in [0.25, 0.3) is 6.08 Å². The lowest BCUT2D eigenvalue weighted by Gasteiger charge is -2.35. The summed E-state index contributed by atoms with van der Waals surface area (Å²) in [5, 5.41) is 7.08. The van der Waals surface area contributed by atoms with Crippen LogP contribution >= 0.6 is 0 Å². The van der Waals surface area contributed by atoms with Gasteiger partial charge in [0.2, 0.25) is 5.91 Å². The van der Waals surface area contributed by atoms with Gasteiger partial charge in [0.05, 0.1) is 18.1 Å². The minimum Gasteiger partial charge on any atom is -0.452 e. The van der Waals surface area contributed by atoms with Crippen LogP contribution in [0.1, 0.15) is 77.5 Å². The molecule has 1 saturated heterocycles. The fourth-order valence-corrected chi connectivity index (χ4v) is 4.81. The van der Waals surface area contributed by atoms with Gasteiger partial charge in [-0.3, -0.25) is 24.2 Å². The van der Waals surface area contributed by atoms with Gasteiger partial charge in [0.15, 0.2) is 6.10 Å². The first kappa shape index (κ1) is 34.7. The van der Waals surface area contributed by atoms with Crippen LogP contribution in [0.2, 0.25) is 0 Å². The number of amides is 3. The third kappa shape index (κ3) is 9.80. The van der Waals surface area contributed by atoms with E-state index in [0.29, 0.717) is 32.2 Å². The fourth-order valence-electron chi connectivity index (χ4n) is 4.81. The molecule has 0 bridgehead atoms. The monoisotopic (exact) mass is 584 g/mol.